The minimum atomic E-state index is -0.727. The Balaban J connectivity index is 2.64. The van der Waals surface area contributed by atoms with E-state index < -0.39 is 16.6 Å². The highest BCUT2D eigenvalue weighted by molar-refractivity contribution is 8.23. The number of carbonyl (C=O) groups excluding carboxylic acids is 1. The van der Waals surface area contributed by atoms with Crippen LogP contribution in [0.5, 0.6) is 0 Å². The molecule has 1 amide bonds. The van der Waals surface area contributed by atoms with Crippen molar-refractivity contribution in [3.05, 3.63) is 34.1 Å². The number of hydrogen-bond donors (Lipinski definition) is 1. The predicted molar refractivity (Wildman–Crippen MR) is 89.7 cm³/mol. The highest BCUT2D eigenvalue weighted by atomic mass is 32.2. The van der Waals surface area contributed by atoms with E-state index in [9.17, 15) is 19.3 Å². The molecular formula is C13H16FN3O3S2. The third kappa shape index (κ3) is 5.23. The summed E-state index contributed by atoms with van der Waals surface area (Å²) in [4.78, 5) is 23.7. The van der Waals surface area contributed by atoms with Crippen molar-refractivity contribution in [3.8, 4) is 0 Å². The van der Waals surface area contributed by atoms with Gasteiger partial charge in [-0.05, 0) is 19.9 Å². The van der Waals surface area contributed by atoms with E-state index in [0.717, 1.165) is 31.3 Å². The standard InChI is InChI=1S/C13H16FN3O3S2/c1-3-16(4-2)13(21)22-8-12(18)15-11-7-9(17(19)20)5-6-10(11)14/h5-7H,3-4,8H2,1-2H3,(H,15,18). The highest BCUT2D eigenvalue weighted by Crippen LogP contribution is 2.21. The summed E-state index contributed by atoms with van der Waals surface area (Å²) in [5.74, 6) is -1.19. The van der Waals surface area contributed by atoms with Gasteiger partial charge in [0.15, 0.2) is 0 Å². The van der Waals surface area contributed by atoms with E-state index in [1.807, 2.05) is 18.7 Å². The van der Waals surface area contributed by atoms with Crippen LogP contribution in [0.2, 0.25) is 0 Å². The van der Waals surface area contributed by atoms with Gasteiger partial charge in [0.25, 0.3) is 5.69 Å². The fraction of sp³-hybridized carbons (Fsp3) is 0.385. The number of thiocarbonyl (C=S) groups is 1. The fourth-order valence-corrected chi connectivity index (χ4v) is 2.81. The molecule has 1 aromatic rings. The summed E-state index contributed by atoms with van der Waals surface area (Å²) in [5.41, 5.74) is -0.503. The lowest BCUT2D eigenvalue weighted by Crippen LogP contribution is -2.28. The molecule has 6 nitrogen and oxygen atoms in total. The zero-order valence-corrected chi connectivity index (χ0v) is 13.8. The number of halogens is 1. The number of nitro groups is 1. The first-order chi connectivity index (χ1) is 10.4. The largest absolute Gasteiger partial charge is 0.358 e. The van der Waals surface area contributed by atoms with E-state index in [1.165, 1.54) is 11.8 Å². The molecule has 0 aliphatic carbocycles. The lowest BCUT2D eigenvalue weighted by Gasteiger charge is -2.20. The molecule has 0 unspecified atom stereocenters. The molecular weight excluding hydrogens is 329 g/mol. The van der Waals surface area contributed by atoms with Crippen molar-refractivity contribution in [1.29, 1.82) is 0 Å². The van der Waals surface area contributed by atoms with Gasteiger partial charge in [-0.25, -0.2) is 4.39 Å². The molecule has 0 bridgehead atoms. The van der Waals surface area contributed by atoms with Gasteiger partial charge in [0, 0.05) is 25.2 Å². The summed E-state index contributed by atoms with van der Waals surface area (Å²) >= 11 is 6.35. The molecule has 1 aromatic carbocycles. The number of non-ortho nitro benzene ring substituents is 1. The van der Waals surface area contributed by atoms with Crippen molar-refractivity contribution in [3.63, 3.8) is 0 Å². The van der Waals surface area contributed by atoms with Crippen LogP contribution >= 0.6 is 24.0 Å². The van der Waals surface area contributed by atoms with Gasteiger partial charge in [-0.15, -0.1) is 0 Å². The molecule has 1 rings (SSSR count). The maximum Gasteiger partial charge on any atom is 0.271 e. The summed E-state index contributed by atoms with van der Waals surface area (Å²) in [6, 6.07) is 2.97. The van der Waals surface area contributed by atoms with E-state index in [2.05, 4.69) is 5.32 Å². The van der Waals surface area contributed by atoms with Crippen molar-refractivity contribution in [2.24, 2.45) is 0 Å². The summed E-state index contributed by atoms with van der Waals surface area (Å²) in [7, 11) is 0. The highest BCUT2D eigenvalue weighted by Gasteiger charge is 2.14. The third-order valence-electron chi connectivity index (χ3n) is 2.78. The molecule has 0 radical (unpaired) electrons. The fourth-order valence-electron chi connectivity index (χ4n) is 1.61. The number of carbonyl (C=O) groups is 1. The van der Waals surface area contributed by atoms with Gasteiger partial charge in [-0.1, -0.05) is 24.0 Å². The Labute approximate surface area is 137 Å². The number of nitrogens with one attached hydrogen (secondary N) is 1. The summed E-state index contributed by atoms with van der Waals surface area (Å²) in [5, 5.41) is 13.0. The molecule has 0 heterocycles. The SMILES string of the molecule is CCN(CC)C(=S)SCC(=O)Nc1cc([N+](=O)[O-])ccc1F. The van der Waals surface area contributed by atoms with Crippen LogP contribution in [-0.4, -0.2) is 38.9 Å². The Morgan fingerprint density at radius 3 is 2.64 bits per heavy atom. The number of thioether (sulfide) groups is 1. The van der Waals surface area contributed by atoms with Crippen LogP contribution in [0.15, 0.2) is 18.2 Å². The number of amides is 1. The molecule has 0 fully saturated rings. The number of rotatable bonds is 6. The predicted octanol–water partition coefficient (Wildman–Crippen LogP) is 3.03. The van der Waals surface area contributed by atoms with Gasteiger partial charge < -0.3 is 10.2 Å². The molecule has 9 heteroatoms. The molecule has 0 aromatic heterocycles. The number of nitro benzene ring substituents is 1. The van der Waals surface area contributed by atoms with Crippen LogP contribution in [0.4, 0.5) is 15.8 Å². The van der Waals surface area contributed by atoms with Gasteiger partial charge >= 0.3 is 0 Å². The van der Waals surface area contributed by atoms with Crippen LogP contribution in [0.1, 0.15) is 13.8 Å². The van der Waals surface area contributed by atoms with Crippen molar-refractivity contribution in [2.45, 2.75) is 13.8 Å². The van der Waals surface area contributed by atoms with Crippen molar-refractivity contribution in [1.82, 2.24) is 4.90 Å². The van der Waals surface area contributed by atoms with Crippen LogP contribution in [0.25, 0.3) is 0 Å². The second-order valence-corrected chi connectivity index (χ2v) is 5.81. The maximum atomic E-state index is 13.6. The van der Waals surface area contributed by atoms with Crippen LogP contribution in [-0.2, 0) is 4.79 Å². The van der Waals surface area contributed by atoms with Gasteiger partial charge in [0.2, 0.25) is 5.91 Å². The van der Waals surface area contributed by atoms with Gasteiger partial charge in [0.05, 0.1) is 16.4 Å². The first-order valence-corrected chi connectivity index (χ1v) is 7.93. The second kappa shape index (κ2) is 8.64. The third-order valence-corrected chi connectivity index (χ3v) is 4.31. The van der Waals surface area contributed by atoms with Gasteiger partial charge in [0.1, 0.15) is 10.1 Å². The molecule has 0 spiro atoms. The van der Waals surface area contributed by atoms with Crippen LogP contribution < -0.4 is 5.32 Å². The van der Waals surface area contributed by atoms with Crippen LogP contribution in [0, 0.1) is 15.9 Å². The van der Waals surface area contributed by atoms with Crippen molar-refractivity contribution < 1.29 is 14.1 Å². The summed E-state index contributed by atoms with van der Waals surface area (Å²) in [6.07, 6.45) is 0. The quantitative estimate of drug-likeness (QED) is 0.485. The Morgan fingerprint density at radius 1 is 1.45 bits per heavy atom. The number of hydrogen-bond acceptors (Lipinski definition) is 5. The number of anilines is 1. The van der Waals surface area contributed by atoms with Gasteiger partial charge in [-0.2, -0.15) is 0 Å². The van der Waals surface area contributed by atoms with Gasteiger partial charge in [-0.3, -0.25) is 14.9 Å². The smallest absolute Gasteiger partial charge is 0.271 e. The van der Waals surface area contributed by atoms with Crippen LogP contribution in [0.3, 0.4) is 0 Å². The molecule has 0 saturated heterocycles. The van der Waals surface area contributed by atoms with Crippen molar-refractivity contribution >= 4 is 45.6 Å². The monoisotopic (exact) mass is 345 g/mol. The summed E-state index contributed by atoms with van der Waals surface area (Å²) < 4.78 is 14.1. The zero-order chi connectivity index (χ0) is 16.7. The van der Waals surface area contributed by atoms with E-state index >= 15 is 0 Å². The molecule has 120 valence electrons. The number of nitrogens with zero attached hydrogens (tertiary/aromatic N) is 2. The average Bonchev–Trinajstić information content (AvgIpc) is 2.48. The first-order valence-electron chi connectivity index (χ1n) is 6.54. The van der Waals surface area contributed by atoms with E-state index in [4.69, 9.17) is 12.2 Å². The molecule has 0 atom stereocenters. The second-order valence-electron chi connectivity index (χ2n) is 4.20. The van der Waals surface area contributed by atoms with E-state index in [-0.39, 0.29) is 17.1 Å². The minimum Gasteiger partial charge on any atom is -0.358 e. The normalized spacial score (nSPS) is 10.1. The summed E-state index contributed by atoms with van der Waals surface area (Å²) in [6.45, 7) is 5.39. The number of benzene rings is 1. The molecule has 1 N–H and O–H groups in total. The lowest BCUT2D eigenvalue weighted by atomic mass is 10.2. The molecule has 0 saturated carbocycles. The maximum absolute atomic E-state index is 13.6. The minimum absolute atomic E-state index is 0.0114. The first kappa shape index (κ1) is 18.3. The topological polar surface area (TPSA) is 75.5 Å². The zero-order valence-electron chi connectivity index (χ0n) is 12.2. The lowest BCUT2D eigenvalue weighted by molar-refractivity contribution is -0.384. The molecule has 0 aliphatic rings. The Morgan fingerprint density at radius 2 is 2.09 bits per heavy atom. The average molecular weight is 345 g/mol. The molecule has 0 aliphatic heterocycles. The molecule has 22 heavy (non-hydrogen) atoms. The Hall–Kier alpha value is -1.74. The Kier molecular flexibility index (Phi) is 7.19. The van der Waals surface area contributed by atoms with E-state index in [0.29, 0.717) is 4.32 Å². The van der Waals surface area contributed by atoms with Crippen molar-refractivity contribution in [2.75, 3.05) is 24.2 Å². The van der Waals surface area contributed by atoms with E-state index in [1.54, 1.807) is 0 Å². The Bertz CT molecular complexity index is 580.